The monoisotopic (exact) mass is 342 g/mol. The number of ether oxygens (including phenoxy) is 1. The van der Waals surface area contributed by atoms with Crippen molar-refractivity contribution in [2.24, 2.45) is 5.41 Å². The summed E-state index contributed by atoms with van der Waals surface area (Å²) in [7, 11) is 0. The first-order valence-electron chi connectivity index (χ1n) is 8.45. The topological polar surface area (TPSA) is 79.9 Å². The number of benzene rings is 1. The van der Waals surface area contributed by atoms with Gasteiger partial charge in [0.25, 0.3) is 0 Å². The standard InChI is InChI=1S/C18H19FN4O2/c19-9-17(4-1-5-18(8-17)10-21-16(24)25-18)11-23-12-22-14-3-2-13(7-20)6-15(14)23/h2-3,6,12H,1,4-5,8-11H2,(H,21,24)/t17-,18-/m0/s1. The summed E-state index contributed by atoms with van der Waals surface area (Å²) in [5.74, 6) is 0. The van der Waals surface area contributed by atoms with Crippen molar-refractivity contribution in [1.29, 1.82) is 5.26 Å². The fourth-order valence-electron chi connectivity index (χ4n) is 4.29. The zero-order chi connectivity index (χ0) is 17.5. The smallest absolute Gasteiger partial charge is 0.407 e. The molecule has 2 atom stereocenters. The Kier molecular flexibility index (Phi) is 3.64. The molecule has 7 heteroatoms. The Balaban J connectivity index is 1.66. The van der Waals surface area contributed by atoms with E-state index in [1.54, 1.807) is 24.5 Å². The van der Waals surface area contributed by atoms with Gasteiger partial charge in [-0.25, -0.2) is 9.78 Å². The van der Waals surface area contributed by atoms with E-state index in [0.717, 1.165) is 30.3 Å². The number of nitrogens with zero attached hydrogens (tertiary/aromatic N) is 3. The van der Waals surface area contributed by atoms with Gasteiger partial charge in [0.1, 0.15) is 5.60 Å². The lowest BCUT2D eigenvalue weighted by Gasteiger charge is -2.43. The van der Waals surface area contributed by atoms with Crippen LogP contribution < -0.4 is 5.32 Å². The molecular formula is C18H19FN4O2. The van der Waals surface area contributed by atoms with Crippen molar-refractivity contribution in [2.75, 3.05) is 13.2 Å². The van der Waals surface area contributed by atoms with Crippen LogP contribution in [0.25, 0.3) is 11.0 Å². The van der Waals surface area contributed by atoms with Crippen molar-refractivity contribution in [3.63, 3.8) is 0 Å². The molecule has 2 heterocycles. The number of alkyl halides is 1. The van der Waals surface area contributed by atoms with Crippen LogP contribution in [0.5, 0.6) is 0 Å². The predicted octanol–water partition coefficient (Wildman–Crippen LogP) is 2.92. The van der Waals surface area contributed by atoms with Gasteiger partial charge in [0.2, 0.25) is 0 Å². The highest BCUT2D eigenvalue weighted by atomic mass is 19.1. The summed E-state index contributed by atoms with van der Waals surface area (Å²) in [5, 5.41) is 11.8. The van der Waals surface area contributed by atoms with Crippen LogP contribution in [0.4, 0.5) is 9.18 Å². The van der Waals surface area contributed by atoms with Gasteiger partial charge in [-0.15, -0.1) is 0 Å². The molecule has 1 aromatic heterocycles. The molecule has 1 aliphatic heterocycles. The number of nitriles is 1. The number of hydrogen-bond acceptors (Lipinski definition) is 4. The SMILES string of the molecule is N#Cc1ccc2ncn(C[C@@]3(CF)CCC[C@@]4(CNC(=O)O4)C3)c2c1. The first-order chi connectivity index (χ1) is 12.1. The van der Waals surface area contributed by atoms with E-state index in [-0.39, 0.29) is 0 Å². The van der Waals surface area contributed by atoms with E-state index in [1.165, 1.54) is 0 Å². The first kappa shape index (κ1) is 15.9. The number of rotatable bonds is 3. The molecule has 0 radical (unpaired) electrons. The Hall–Kier alpha value is -2.62. The Bertz CT molecular complexity index is 874. The molecule has 1 amide bonds. The zero-order valence-corrected chi connectivity index (χ0v) is 13.8. The maximum atomic E-state index is 14.2. The van der Waals surface area contributed by atoms with Gasteiger partial charge in [-0.1, -0.05) is 0 Å². The molecule has 0 unspecified atom stereocenters. The molecule has 1 spiro atoms. The lowest BCUT2D eigenvalue weighted by Crippen LogP contribution is -2.46. The highest BCUT2D eigenvalue weighted by Crippen LogP contribution is 2.46. The first-order valence-corrected chi connectivity index (χ1v) is 8.45. The van der Waals surface area contributed by atoms with E-state index < -0.39 is 23.8 Å². The minimum Gasteiger partial charge on any atom is -0.441 e. The Morgan fingerprint density at radius 1 is 1.44 bits per heavy atom. The number of aromatic nitrogens is 2. The fraction of sp³-hybridized carbons (Fsp3) is 0.500. The molecule has 4 rings (SSSR count). The van der Waals surface area contributed by atoms with Gasteiger partial charge in [-0.3, -0.25) is 4.39 Å². The molecule has 6 nitrogen and oxygen atoms in total. The number of halogens is 1. The van der Waals surface area contributed by atoms with Crippen LogP contribution in [0, 0.1) is 16.7 Å². The van der Waals surface area contributed by atoms with Crippen LogP contribution in [0.1, 0.15) is 31.2 Å². The normalized spacial score (nSPS) is 28.7. The molecule has 130 valence electrons. The molecule has 1 saturated carbocycles. The fourth-order valence-corrected chi connectivity index (χ4v) is 4.29. The second-order valence-corrected chi connectivity index (χ2v) is 7.28. The maximum Gasteiger partial charge on any atom is 0.407 e. The van der Waals surface area contributed by atoms with Crippen LogP contribution >= 0.6 is 0 Å². The summed E-state index contributed by atoms with van der Waals surface area (Å²) in [5.41, 5.74) is 0.967. The van der Waals surface area contributed by atoms with Gasteiger partial charge in [0.05, 0.1) is 42.2 Å². The number of alkyl carbamates (subject to hydrolysis) is 1. The second kappa shape index (κ2) is 5.73. The van der Waals surface area contributed by atoms with E-state index in [0.29, 0.717) is 25.1 Å². The summed E-state index contributed by atoms with van der Waals surface area (Å²) in [6, 6.07) is 7.44. The maximum absolute atomic E-state index is 14.2. The van der Waals surface area contributed by atoms with Gasteiger partial charge < -0.3 is 14.6 Å². The number of nitrogens with one attached hydrogen (secondary N) is 1. The van der Waals surface area contributed by atoms with Gasteiger partial charge in [0, 0.05) is 12.0 Å². The molecule has 1 aliphatic carbocycles. The molecular weight excluding hydrogens is 323 g/mol. The van der Waals surface area contributed by atoms with Crippen LogP contribution in [0.2, 0.25) is 0 Å². The molecule has 1 saturated heterocycles. The van der Waals surface area contributed by atoms with Gasteiger partial charge in [-0.2, -0.15) is 5.26 Å². The predicted molar refractivity (Wildman–Crippen MR) is 88.5 cm³/mol. The third kappa shape index (κ3) is 2.72. The molecule has 0 bridgehead atoms. The third-order valence-corrected chi connectivity index (χ3v) is 5.44. The summed E-state index contributed by atoms with van der Waals surface area (Å²) in [6.45, 7) is 0.412. The molecule has 25 heavy (non-hydrogen) atoms. The van der Waals surface area contributed by atoms with Crippen molar-refractivity contribution >= 4 is 17.1 Å². The number of imidazole rings is 1. The summed E-state index contributed by atoms with van der Waals surface area (Å²) >= 11 is 0. The summed E-state index contributed by atoms with van der Waals surface area (Å²) < 4.78 is 21.6. The molecule has 2 aliphatic rings. The molecule has 1 N–H and O–H groups in total. The van der Waals surface area contributed by atoms with Gasteiger partial charge in [-0.05, 0) is 43.9 Å². The molecule has 2 fully saturated rings. The Morgan fingerprint density at radius 3 is 3.04 bits per heavy atom. The van der Waals surface area contributed by atoms with Crippen LogP contribution in [-0.4, -0.2) is 34.5 Å². The van der Waals surface area contributed by atoms with Crippen molar-refractivity contribution in [3.05, 3.63) is 30.1 Å². The van der Waals surface area contributed by atoms with E-state index in [4.69, 9.17) is 10.00 Å². The van der Waals surface area contributed by atoms with E-state index in [9.17, 15) is 9.18 Å². The van der Waals surface area contributed by atoms with Crippen LogP contribution in [-0.2, 0) is 11.3 Å². The number of carbonyl (C=O) groups is 1. The Morgan fingerprint density at radius 2 is 2.32 bits per heavy atom. The Labute approximate surface area is 144 Å². The van der Waals surface area contributed by atoms with Crippen molar-refractivity contribution in [1.82, 2.24) is 14.9 Å². The number of hydrogen-bond donors (Lipinski definition) is 1. The molecule has 2 aromatic rings. The average Bonchev–Trinajstić information content (AvgIpc) is 3.18. The second-order valence-electron chi connectivity index (χ2n) is 7.28. The van der Waals surface area contributed by atoms with Gasteiger partial charge >= 0.3 is 6.09 Å². The van der Waals surface area contributed by atoms with E-state index >= 15 is 0 Å². The highest BCUT2D eigenvalue weighted by molar-refractivity contribution is 5.77. The van der Waals surface area contributed by atoms with Crippen molar-refractivity contribution in [3.8, 4) is 6.07 Å². The van der Waals surface area contributed by atoms with E-state index in [1.807, 2.05) is 4.57 Å². The lowest BCUT2D eigenvalue weighted by atomic mass is 9.68. The molecule has 1 aromatic carbocycles. The minimum atomic E-state index is -0.602. The van der Waals surface area contributed by atoms with Crippen molar-refractivity contribution in [2.45, 2.75) is 37.8 Å². The largest absolute Gasteiger partial charge is 0.441 e. The summed E-state index contributed by atoms with van der Waals surface area (Å²) in [4.78, 5) is 15.9. The number of fused-ring (bicyclic) bond motifs is 1. The highest BCUT2D eigenvalue weighted by Gasteiger charge is 2.50. The lowest BCUT2D eigenvalue weighted by molar-refractivity contribution is -0.0421. The van der Waals surface area contributed by atoms with Crippen LogP contribution in [0.3, 0.4) is 0 Å². The number of carbonyl (C=O) groups excluding carboxylic acids is 1. The van der Waals surface area contributed by atoms with Crippen LogP contribution in [0.15, 0.2) is 24.5 Å². The quantitative estimate of drug-likeness (QED) is 0.930. The zero-order valence-electron chi connectivity index (χ0n) is 13.8. The third-order valence-electron chi connectivity index (χ3n) is 5.44. The van der Waals surface area contributed by atoms with Gasteiger partial charge in [0.15, 0.2) is 0 Å². The van der Waals surface area contributed by atoms with Crippen molar-refractivity contribution < 1.29 is 13.9 Å². The summed E-state index contributed by atoms with van der Waals surface area (Å²) in [6.07, 6.45) is 4.09. The minimum absolute atomic E-state index is 0.415. The van der Waals surface area contributed by atoms with E-state index in [2.05, 4.69) is 16.4 Å². The number of amides is 1. The average molecular weight is 342 g/mol.